The standard InChI is InChI=1S/C13H17N3O3S/c1-11-8-14-16(9-11)7-6-15-20(18,19)13-5-3-2-4-12(13)10-17/h2-5,8-9,15,17H,6-7,10H2,1H3. The largest absolute Gasteiger partial charge is 0.392 e. The molecule has 0 fully saturated rings. The van der Waals surface area contributed by atoms with Crippen LogP contribution in [-0.2, 0) is 23.2 Å². The molecule has 1 aromatic heterocycles. The smallest absolute Gasteiger partial charge is 0.240 e. The Bertz CT molecular complexity index is 680. The van der Waals surface area contributed by atoms with Crippen LogP contribution in [0.2, 0.25) is 0 Å². The molecule has 0 unspecified atom stereocenters. The molecule has 108 valence electrons. The van der Waals surface area contributed by atoms with Gasteiger partial charge in [-0.15, -0.1) is 0 Å². The van der Waals surface area contributed by atoms with Gasteiger partial charge in [-0.1, -0.05) is 18.2 Å². The Morgan fingerprint density at radius 2 is 2.10 bits per heavy atom. The van der Waals surface area contributed by atoms with Gasteiger partial charge in [0.2, 0.25) is 10.0 Å². The molecular formula is C13H17N3O3S. The summed E-state index contributed by atoms with van der Waals surface area (Å²) >= 11 is 0. The molecule has 0 atom stereocenters. The Balaban J connectivity index is 2.04. The van der Waals surface area contributed by atoms with Crippen molar-refractivity contribution in [2.75, 3.05) is 6.54 Å². The van der Waals surface area contributed by atoms with Crippen LogP contribution in [0.15, 0.2) is 41.6 Å². The Morgan fingerprint density at radius 3 is 2.75 bits per heavy atom. The van der Waals surface area contributed by atoms with E-state index in [2.05, 4.69) is 9.82 Å². The molecule has 0 saturated heterocycles. The SMILES string of the molecule is Cc1cnn(CCNS(=O)(=O)c2ccccc2CO)c1. The van der Waals surface area contributed by atoms with Crippen molar-refractivity contribution in [3.8, 4) is 0 Å². The minimum absolute atomic E-state index is 0.110. The number of aliphatic hydroxyl groups excluding tert-OH is 1. The first kappa shape index (κ1) is 14.7. The second kappa shape index (κ2) is 6.17. The molecule has 0 aliphatic carbocycles. The number of aryl methyl sites for hydroxylation is 1. The molecule has 7 heteroatoms. The summed E-state index contributed by atoms with van der Waals surface area (Å²) in [5, 5.41) is 13.3. The summed E-state index contributed by atoms with van der Waals surface area (Å²) in [6.07, 6.45) is 3.56. The van der Waals surface area contributed by atoms with E-state index in [0.717, 1.165) is 5.56 Å². The fourth-order valence-corrected chi connectivity index (χ4v) is 3.11. The topological polar surface area (TPSA) is 84.2 Å². The molecule has 20 heavy (non-hydrogen) atoms. The number of rotatable bonds is 6. The lowest BCUT2D eigenvalue weighted by Gasteiger charge is -2.10. The van der Waals surface area contributed by atoms with Crippen LogP contribution in [0.25, 0.3) is 0 Å². The molecule has 0 saturated carbocycles. The van der Waals surface area contributed by atoms with Crippen molar-refractivity contribution in [2.24, 2.45) is 0 Å². The van der Waals surface area contributed by atoms with Gasteiger partial charge in [-0.2, -0.15) is 5.10 Å². The molecule has 0 aliphatic heterocycles. The van der Waals surface area contributed by atoms with Gasteiger partial charge in [0.15, 0.2) is 0 Å². The summed E-state index contributed by atoms with van der Waals surface area (Å²) in [6, 6.07) is 6.39. The van der Waals surface area contributed by atoms with Crippen molar-refractivity contribution >= 4 is 10.0 Å². The third kappa shape index (κ3) is 3.44. The lowest BCUT2D eigenvalue weighted by atomic mass is 10.2. The molecular weight excluding hydrogens is 278 g/mol. The highest BCUT2D eigenvalue weighted by Crippen LogP contribution is 2.14. The summed E-state index contributed by atoms with van der Waals surface area (Å²) < 4.78 is 28.5. The van der Waals surface area contributed by atoms with E-state index in [1.807, 2.05) is 13.1 Å². The third-order valence-corrected chi connectivity index (χ3v) is 4.39. The monoisotopic (exact) mass is 295 g/mol. The van der Waals surface area contributed by atoms with Crippen LogP contribution in [0.3, 0.4) is 0 Å². The average molecular weight is 295 g/mol. The lowest BCUT2D eigenvalue weighted by Crippen LogP contribution is -2.28. The lowest BCUT2D eigenvalue weighted by molar-refractivity contribution is 0.278. The first-order chi connectivity index (χ1) is 9.53. The number of nitrogens with zero attached hydrogens (tertiary/aromatic N) is 2. The molecule has 0 amide bonds. The van der Waals surface area contributed by atoms with Gasteiger partial charge in [-0.05, 0) is 24.1 Å². The fraction of sp³-hybridized carbons (Fsp3) is 0.308. The van der Waals surface area contributed by atoms with E-state index in [4.69, 9.17) is 0 Å². The maximum Gasteiger partial charge on any atom is 0.240 e. The minimum atomic E-state index is -3.62. The molecule has 0 spiro atoms. The molecule has 0 bridgehead atoms. The van der Waals surface area contributed by atoms with Crippen LogP contribution in [-0.4, -0.2) is 29.8 Å². The molecule has 1 heterocycles. The first-order valence-electron chi connectivity index (χ1n) is 6.20. The fourth-order valence-electron chi connectivity index (χ4n) is 1.86. The van der Waals surface area contributed by atoms with Gasteiger partial charge in [0.05, 0.1) is 24.2 Å². The van der Waals surface area contributed by atoms with Crippen LogP contribution >= 0.6 is 0 Å². The zero-order valence-electron chi connectivity index (χ0n) is 11.2. The molecule has 2 rings (SSSR count). The van der Waals surface area contributed by atoms with Gasteiger partial charge in [0.1, 0.15) is 0 Å². The number of hydrogen-bond acceptors (Lipinski definition) is 4. The summed E-state index contributed by atoms with van der Waals surface area (Å²) in [5.74, 6) is 0. The zero-order valence-corrected chi connectivity index (χ0v) is 12.0. The number of aliphatic hydroxyl groups is 1. The molecule has 0 radical (unpaired) electrons. The van der Waals surface area contributed by atoms with Gasteiger partial charge in [-0.25, -0.2) is 13.1 Å². The zero-order chi connectivity index (χ0) is 14.6. The number of nitrogens with one attached hydrogen (secondary N) is 1. The molecule has 6 nitrogen and oxygen atoms in total. The maximum absolute atomic E-state index is 12.2. The minimum Gasteiger partial charge on any atom is -0.392 e. The van der Waals surface area contributed by atoms with Crippen molar-refractivity contribution in [1.82, 2.24) is 14.5 Å². The maximum atomic E-state index is 12.2. The van der Waals surface area contributed by atoms with Crippen molar-refractivity contribution in [3.63, 3.8) is 0 Å². The predicted molar refractivity (Wildman–Crippen MR) is 74.5 cm³/mol. The van der Waals surface area contributed by atoms with Crippen LogP contribution in [0.1, 0.15) is 11.1 Å². The number of hydrogen-bond donors (Lipinski definition) is 2. The number of aromatic nitrogens is 2. The van der Waals surface area contributed by atoms with Gasteiger partial charge >= 0.3 is 0 Å². The van der Waals surface area contributed by atoms with E-state index in [-0.39, 0.29) is 18.0 Å². The van der Waals surface area contributed by atoms with Crippen LogP contribution in [0, 0.1) is 6.92 Å². The molecule has 2 N–H and O–H groups in total. The van der Waals surface area contributed by atoms with E-state index >= 15 is 0 Å². The summed E-state index contributed by atoms with van der Waals surface area (Å²) in [4.78, 5) is 0.110. The quantitative estimate of drug-likeness (QED) is 0.820. The second-order valence-corrected chi connectivity index (χ2v) is 6.18. The summed E-state index contributed by atoms with van der Waals surface area (Å²) in [5.41, 5.74) is 1.41. The van der Waals surface area contributed by atoms with Gasteiger partial charge in [0, 0.05) is 12.7 Å². The van der Waals surface area contributed by atoms with E-state index < -0.39 is 10.0 Å². The van der Waals surface area contributed by atoms with Crippen molar-refractivity contribution in [3.05, 3.63) is 47.8 Å². The molecule has 2 aromatic rings. The average Bonchev–Trinajstić information content (AvgIpc) is 2.84. The van der Waals surface area contributed by atoms with Crippen molar-refractivity contribution in [1.29, 1.82) is 0 Å². The first-order valence-corrected chi connectivity index (χ1v) is 7.69. The van der Waals surface area contributed by atoms with Crippen LogP contribution < -0.4 is 4.72 Å². The van der Waals surface area contributed by atoms with E-state index in [0.29, 0.717) is 12.1 Å². The van der Waals surface area contributed by atoms with Gasteiger partial charge in [0.25, 0.3) is 0 Å². The third-order valence-electron chi connectivity index (χ3n) is 2.83. The van der Waals surface area contributed by atoms with E-state index in [1.165, 1.54) is 6.07 Å². The Morgan fingerprint density at radius 1 is 1.35 bits per heavy atom. The highest BCUT2D eigenvalue weighted by Gasteiger charge is 2.16. The van der Waals surface area contributed by atoms with Gasteiger partial charge < -0.3 is 5.11 Å². The van der Waals surface area contributed by atoms with Crippen LogP contribution in [0.4, 0.5) is 0 Å². The summed E-state index contributed by atoms with van der Waals surface area (Å²) in [6.45, 7) is 2.30. The molecule has 0 aliphatic rings. The number of sulfonamides is 1. The van der Waals surface area contributed by atoms with Crippen molar-refractivity contribution < 1.29 is 13.5 Å². The Labute approximate surface area is 118 Å². The molecule has 1 aromatic carbocycles. The summed E-state index contributed by atoms with van der Waals surface area (Å²) in [7, 11) is -3.62. The van der Waals surface area contributed by atoms with Crippen LogP contribution in [0.5, 0.6) is 0 Å². The van der Waals surface area contributed by atoms with E-state index in [9.17, 15) is 13.5 Å². The highest BCUT2D eigenvalue weighted by molar-refractivity contribution is 7.89. The highest BCUT2D eigenvalue weighted by atomic mass is 32.2. The Hall–Kier alpha value is -1.70. The van der Waals surface area contributed by atoms with Crippen molar-refractivity contribution in [2.45, 2.75) is 25.0 Å². The van der Waals surface area contributed by atoms with E-state index in [1.54, 1.807) is 29.1 Å². The predicted octanol–water partition coefficient (Wildman–Crippen LogP) is 0.662. The van der Waals surface area contributed by atoms with Gasteiger partial charge in [-0.3, -0.25) is 4.68 Å². The Kier molecular flexibility index (Phi) is 4.53. The number of benzene rings is 1. The normalized spacial score (nSPS) is 11.7. The second-order valence-electron chi connectivity index (χ2n) is 4.44.